The van der Waals surface area contributed by atoms with E-state index in [-0.39, 0.29) is 30.9 Å². The molecule has 1 saturated carbocycles. The first-order chi connectivity index (χ1) is 11.2. The van der Waals surface area contributed by atoms with E-state index in [1.165, 1.54) is 18.4 Å². The number of hydrogen-bond acceptors (Lipinski definition) is 3. The number of carbonyl (C=O) groups is 1. The lowest BCUT2D eigenvalue weighted by molar-refractivity contribution is -0.134. The minimum absolute atomic E-state index is 0. The van der Waals surface area contributed by atoms with Gasteiger partial charge in [0.2, 0.25) is 5.91 Å². The molecule has 1 amide bonds. The van der Waals surface area contributed by atoms with Crippen LogP contribution >= 0.6 is 24.8 Å². The van der Waals surface area contributed by atoms with Crippen LogP contribution in [-0.4, -0.2) is 47.9 Å². The number of carbonyl (C=O) groups excluding carboxylic acids is 1. The molecule has 0 aromatic heterocycles. The number of rotatable bonds is 4. The maximum atomic E-state index is 12.5. The third kappa shape index (κ3) is 6.45. The van der Waals surface area contributed by atoms with Gasteiger partial charge in [0, 0.05) is 45.2 Å². The van der Waals surface area contributed by atoms with E-state index >= 15 is 0 Å². The molecule has 2 fully saturated rings. The highest BCUT2D eigenvalue weighted by atomic mass is 35.5. The van der Waals surface area contributed by atoms with Crippen LogP contribution in [0.3, 0.4) is 0 Å². The first-order valence-corrected chi connectivity index (χ1v) is 9.02. The van der Waals surface area contributed by atoms with Crippen molar-refractivity contribution < 1.29 is 4.79 Å². The lowest BCUT2D eigenvalue weighted by atomic mass is 9.82. The van der Waals surface area contributed by atoms with Crippen LogP contribution in [-0.2, 0) is 11.3 Å². The van der Waals surface area contributed by atoms with Gasteiger partial charge in [-0.1, -0.05) is 43.2 Å². The second-order valence-electron chi connectivity index (χ2n) is 7.06. The number of nitrogens with two attached hydrogens (primary N) is 1. The second-order valence-corrected chi connectivity index (χ2v) is 7.06. The Morgan fingerprint density at radius 2 is 1.64 bits per heavy atom. The van der Waals surface area contributed by atoms with Crippen LogP contribution in [0.1, 0.15) is 37.7 Å². The number of halogens is 2. The van der Waals surface area contributed by atoms with Crippen LogP contribution in [0.25, 0.3) is 0 Å². The van der Waals surface area contributed by atoms with Gasteiger partial charge in [0.05, 0.1) is 0 Å². The number of hydrogen-bond donors (Lipinski definition) is 1. The van der Waals surface area contributed by atoms with E-state index in [4.69, 9.17) is 5.73 Å². The number of piperazine rings is 1. The van der Waals surface area contributed by atoms with E-state index < -0.39 is 0 Å². The highest BCUT2D eigenvalue weighted by molar-refractivity contribution is 5.85. The summed E-state index contributed by atoms with van der Waals surface area (Å²) in [5, 5.41) is 0. The highest BCUT2D eigenvalue weighted by Crippen LogP contribution is 2.26. The molecule has 142 valence electrons. The molecule has 1 saturated heterocycles. The molecule has 4 nitrogen and oxygen atoms in total. The fourth-order valence-electron chi connectivity index (χ4n) is 3.84. The van der Waals surface area contributed by atoms with Gasteiger partial charge in [0.25, 0.3) is 0 Å². The molecule has 0 radical (unpaired) electrons. The molecule has 1 aromatic carbocycles. The van der Waals surface area contributed by atoms with Crippen molar-refractivity contribution in [3.05, 3.63) is 35.9 Å². The molecule has 2 atom stereocenters. The van der Waals surface area contributed by atoms with Crippen LogP contribution in [0, 0.1) is 5.92 Å². The lowest BCUT2D eigenvalue weighted by Crippen LogP contribution is -2.49. The third-order valence-corrected chi connectivity index (χ3v) is 5.38. The maximum absolute atomic E-state index is 12.5. The monoisotopic (exact) mass is 387 g/mol. The standard InChI is InChI=1S/C19H29N3O.2ClH/c20-18-9-5-4-8-17(18)14-19(23)22-12-10-21(11-13-22)15-16-6-2-1-3-7-16;;/h1-3,6-7,17-18H,4-5,8-15,20H2;2*1H. The zero-order valence-corrected chi connectivity index (χ0v) is 16.4. The number of amides is 1. The van der Waals surface area contributed by atoms with E-state index in [0.29, 0.717) is 18.2 Å². The summed E-state index contributed by atoms with van der Waals surface area (Å²) in [5.74, 6) is 0.713. The summed E-state index contributed by atoms with van der Waals surface area (Å²) in [7, 11) is 0. The van der Waals surface area contributed by atoms with Crippen molar-refractivity contribution in [2.45, 2.75) is 44.7 Å². The molecule has 1 aliphatic carbocycles. The topological polar surface area (TPSA) is 49.6 Å². The average molecular weight is 388 g/mol. The van der Waals surface area contributed by atoms with E-state index in [9.17, 15) is 4.79 Å². The number of nitrogens with zero attached hydrogens (tertiary/aromatic N) is 2. The van der Waals surface area contributed by atoms with Gasteiger partial charge in [0.15, 0.2) is 0 Å². The zero-order chi connectivity index (χ0) is 16.1. The molecule has 0 spiro atoms. The van der Waals surface area contributed by atoms with Gasteiger partial charge in [-0.05, 0) is 24.3 Å². The van der Waals surface area contributed by atoms with Crippen molar-refractivity contribution in [1.29, 1.82) is 0 Å². The molecule has 6 heteroatoms. The summed E-state index contributed by atoms with van der Waals surface area (Å²) in [6, 6.07) is 10.8. The maximum Gasteiger partial charge on any atom is 0.222 e. The summed E-state index contributed by atoms with van der Waals surface area (Å²) >= 11 is 0. The SMILES string of the molecule is Cl.Cl.NC1CCCCC1CC(=O)N1CCN(Cc2ccccc2)CC1. The molecule has 2 N–H and O–H groups in total. The van der Waals surface area contributed by atoms with Gasteiger partial charge in [0.1, 0.15) is 0 Å². The summed E-state index contributed by atoms with van der Waals surface area (Å²) in [6.07, 6.45) is 5.32. The van der Waals surface area contributed by atoms with Crippen molar-refractivity contribution in [2.75, 3.05) is 26.2 Å². The van der Waals surface area contributed by atoms with E-state index in [1.807, 2.05) is 4.90 Å². The first-order valence-electron chi connectivity index (χ1n) is 9.02. The van der Waals surface area contributed by atoms with Gasteiger partial charge in [-0.25, -0.2) is 0 Å². The fourth-order valence-corrected chi connectivity index (χ4v) is 3.84. The molecule has 0 bridgehead atoms. The highest BCUT2D eigenvalue weighted by Gasteiger charge is 2.27. The molecule has 3 rings (SSSR count). The van der Waals surface area contributed by atoms with Crippen LogP contribution in [0.15, 0.2) is 30.3 Å². The van der Waals surface area contributed by atoms with Crippen LogP contribution < -0.4 is 5.73 Å². The quantitative estimate of drug-likeness (QED) is 0.863. The smallest absolute Gasteiger partial charge is 0.222 e. The Bertz CT molecular complexity index is 507. The number of benzene rings is 1. The summed E-state index contributed by atoms with van der Waals surface area (Å²) in [6.45, 7) is 4.63. The average Bonchev–Trinajstić information content (AvgIpc) is 2.58. The van der Waals surface area contributed by atoms with Crippen molar-refractivity contribution in [1.82, 2.24) is 9.80 Å². The molecule has 1 aromatic rings. The molecule has 1 heterocycles. The van der Waals surface area contributed by atoms with Gasteiger partial charge < -0.3 is 10.6 Å². The van der Waals surface area contributed by atoms with E-state index in [0.717, 1.165) is 45.6 Å². The van der Waals surface area contributed by atoms with Gasteiger partial charge >= 0.3 is 0 Å². The predicted octanol–water partition coefficient (Wildman–Crippen LogP) is 3.08. The fraction of sp³-hybridized carbons (Fsp3) is 0.632. The Hall–Kier alpha value is -0.810. The van der Waals surface area contributed by atoms with Crippen LogP contribution in [0.5, 0.6) is 0 Å². The summed E-state index contributed by atoms with van der Waals surface area (Å²) in [5.41, 5.74) is 7.53. The summed E-state index contributed by atoms with van der Waals surface area (Å²) in [4.78, 5) is 17.0. The van der Waals surface area contributed by atoms with Crippen LogP contribution in [0.2, 0.25) is 0 Å². The van der Waals surface area contributed by atoms with Gasteiger partial charge in [-0.2, -0.15) is 0 Å². The minimum atomic E-state index is 0. The second kappa shape index (κ2) is 11.0. The Labute approximate surface area is 163 Å². The lowest BCUT2D eigenvalue weighted by Gasteiger charge is -2.36. The van der Waals surface area contributed by atoms with E-state index in [1.54, 1.807) is 0 Å². The van der Waals surface area contributed by atoms with Crippen LogP contribution in [0.4, 0.5) is 0 Å². The van der Waals surface area contributed by atoms with Crippen molar-refractivity contribution >= 4 is 30.7 Å². The molecule has 1 aliphatic heterocycles. The minimum Gasteiger partial charge on any atom is -0.340 e. The molecule has 25 heavy (non-hydrogen) atoms. The molecular formula is C19H31Cl2N3O. The first kappa shape index (κ1) is 22.2. The Morgan fingerprint density at radius 3 is 2.28 bits per heavy atom. The normalized spacial score (nSPS) is 24.1. The third-order valence-electron chi connectivity index (χ3n) is 5.38. The molecule has 2 unspecified atom stereocenters. The van der Waals surface area contributed by atoms with Gasteiger partial charge in [-0.3, -0.25) is 9.69 Å². The van der Waals surface area contributed by atoms with Crippen molar-refractivity contribution in [3.63, 3.8) is 0 Å². The Morgan fingerprint density at radius 1 is 1.00 bits per heavy atom. The predicted molar refractivity (Wildman–Crippen MR) is 107 cm³/mol. The molecular weight excluding hydrogens is 357 g/mol. The van der Waals surface area contributed by atoms with Crippen molar-refractivity contribution in [3.8, 4) is 0 Å². The summed E-state index contributed by atoms with van der Waals surface area (Å²) < 4.78 is 0. The zero-order valence-electron chi connectivity index (χ0n) is 14.8. The van der Waals surface area contributed by atoms with Crippen molar-refractivity contribution in [2.24, 2.45) is 11.7 Å². The molecule has 2 aliphatic rings. The largest absolute Gasteiger partial charge is 0.340 e. The van der Waals surface area contributed by atoms with Gasteiger partial charge in [-0.15, -0.1) is 24.8 Å². The Kier molecular flexibility index (Phi) is 9.80. The Balaban J connectivity index is 0.00000156. The van der Waals surface area contributed by atoms with E-state index in [2.05, 4.69) is 35.2 Å².